The predicted octanol–water partition coefficient (Wildman–Crippen LogP) is 5.92. The van der Waals surface area contributed by atoms with Crippen LogP contribution < -0.4 is 5.43 Å². The molecule has 3 aromatic rings. The number of non-ortho nitro benzene ring substituents is 1. The van der Waals surface area contributed by atoms with Crippen LogP contribution in [0.5, 0.6) is 0 Å². The quantitative estimate of drug-likeness (QED) is 0.335. The van der Waals surface area contributed by atoms with Gasteiger partial charge in [0.15, 0.2) is 0 Å². The molecule has 5 nitrogen and oxygen atoms in total. The van der Waals surface area contributed by atoms with Gasteiger partial charge >= 0.3 is 0 Å². The van der Waals surface area contributed by atoms with Gasteiger partial charge in [-0.05, 0) is 41.0 Å². The van der Waals surface area contributed by atoms with Gasteiger partial charge in [-0.2, -0.15) is 5.10 Å². The number of nitro groups is 1. The molecule has 0 radical (unpaired) electrons. The van der Waals surface area contributed by atoms with Crippen LogP contribution in [-0.4, -0.2) is 11.1 Å². The maximum absolute atomic E-state index is 11.0. The van der Waals surface area contributed by atoms with E-state index in [-0.39, 0.29) is 15.9 Å². The summed E-state index contributed by atoms with van der Waals surface area (Å²) in [5.74, 6) is 0. The van der Waals surface area contributed by atoms with Gasteiger partial charge in [-0.15, -0.1) is 11.8 Å². The normalized spacial score (nSPS) is 15.7. The number of nitro benzene ring substituents is 1. The van der Waals surface area contributed by atoms with Gasteiger partial charge in [0.05, 0.1) is 22.1 Å². The summed E-state index contributed by atoms with van der Waals surface area (Å²) < 4.78 is 0. The predicted molar refractivity (Wildman–Crippen MR) is 115 cm³/mol. The highest BCUT2D eigenvalue weighted by atomic mass is 32.2. The molecule has 0 spiro atoms. The standard InChI is InChI=1S/C22H17N3O2S/c26-25(27)20-12-10-16(11-13-20)22-18(14-17-6-4-5-9-21(17)28-22)15-23-24-19-7-2-1-3-8-19/h1-15,22,24H/b23-15+. The SMILES string of the molecule is O=[N+]([O-])c1ccc(C2Sc3ccccc3C=C2/C=N/Nc2ccccc2)cc1. The molecule has 0 aromatic heterocycles. The molecule has 6 heteroatoms. The van der Waals surface area contributed by atoms with Gasteiger partial charge in [-0.1, -0.05) is 48.5 Å². The van der Waals surface area contributed by atoms with Crippen molar-refractivity contribution in [2.24, 2.45) is 5.10 Å². The second-order valence-corrected chi connectivity index (χ2v) is 7.41. The van der Waals surface area contributed by atoms with E-state index in [1.54, 1.807) is 23.9 Å². The Morgan fingerprint density at radius 3 is 2.43 bits per heavy atom. The lowest BCUT2D eigenvalue weighted by molar-refractivity contribution is -0.384. The fraction of sp³-hybridized carbons (Fsp3) is 0.0455. The van der Waals surface area contributed by atoms with E-state index in [9.17, 15) is 10.1 Å². The van der Waals surface area contributed by atoms with E-state index in [0.29, 0.717) is 0 Å². The number of nitrogens with one attached hydrogen (secondary N) is 1. The van der Waals surface area contributed by atoms with Crippen molar-refractivity contribution in [1.82, 2.24) is 0 Å². The van der Waals surface area contributed by atoms with Crippen molar-refractivity contribution >= 4 is 35.4 Å². The number of rotatable bonds is 5. The molecule has 28 heavy (non-hydrogen) atoms. The summed E-state index contributed by atoms with van der Waals surface area (Å²) in [7, 11) is 0. The molecule has 0 aliphatic carbocycles. The molecule has 0 fully saturated rings. The van der Waals surface area contributed by atoms with Crippen molar-refractivity contribution in [3.05, 3.63) is 106 Å². The minimum absolute atomic E-state index is 0.0111. The second-order valence-electron chi connectivity index (χ2n) is 6.26. The molecule has 4 rings (SSSR count). The molecular formula is C22H17N3O2S. The summed E-state index contributed by atoms with van der Waals surface area (Å²) in [6.07, 6.45) is 3.94. The summed E-state index contributed by atoms with van der Waals surface area (Å²) in [5, 5.41) is 15.4. The lowest BCUT2D eigenvalue weighted by atomic mass is 10.0. The first-order valence-electron chi connectivity index (χ1n) is 8.76. The molecule has 138 valence electrons. The van der Waals surface area contributed by atoms with Crippen LogP contribution in [0.2, 0.25) is 0 Å². The molecule has 0 saturated carbocycles. The van der Waals surface area contributed by atoms with E-state index >= 15 is 0 Å². The van der Waals surface area contributed by atoms with Crippen molar-refractivity contribution in [2.45, 2.75) is 10.1 Å². The van der Waals surface area contributed by atoms with Crippen molar-refractivity contribution in [1.29, 1.82) is 0 Å². The Labute approximate surface area is 167 Å². The average Bonchev–Trinajstić information content (AvgIpc) is 2.74. The van der Waals surface area contributed by atoms with Gasteiger partial charge in [-0.25, -0.2) is 0 Å². The zero-order valence-corrected chi connectivity index (χ0v) is 15.7. The minimum atomic E-state index is -0.380. The third kappa shape index (κ3) is 3.97. The highest BCUT2D eigenvalue weighted by Gasteiger charge is 2.23. The smallest absolute Gasteiger partial charge is 0.269 e. The Morgan fingerprint density at radius 1 is 0.964 bits per heavy atom. The van der Waals surface area contributed by atoms with E-state index in [1.807, 2.05) is 60.8 Å². The number of hydrogen-bond donors (Lipinski definition) is 1. The van der Waals surface area contributed by atoms with E-state index < -0.39 is 0 Å². The number of hydrogen-bond acceptors (Lipinski definition) is 5. The Bertz CT molecular complexity index is 1050. The first-order chi connectivity index (χ1) is 13.7. The van der Waals surface area contributed by atoms with Gasteiger partial charge in [0.2, 0.25) is 0 Å². The molecule has 1 aliphatic rings. The Morgan fingerprint density at radius 2 is 1.68 bits per heavy atom. The number of anilines is 1. The first kappa shape index (κ1) is 18.0. The summed E-state index contributed by atoms with van der Waals surface area (Å²) in [4.78, 5) is 11.8. The van der Waals surface area contributed by atoms with Crippen molar-refractivity contribution in [3.63, 3.8) is 0 Å². The molecule has 1 unspecified atom stereocenters. The van der Waals surface area contributed by atoms with Crippen LogP contribution in [0.25, 0.3) is 6.08 Å². The molecule has 0 amide bonds. The van der Waals surface area contributed by atoms with E-state index in [4.69, 9.17) is 0 Å². The van der Waals surface area contributed by atoms with Gasteiger partial charge in [0, 0.05) is 17.0 Å². The molecule has 1 N–H and O–H groups in total. The number of benzene rings is 3. The van der Waals surface area contributed by atoms with Crippen LogP contribution in [0.3, 0.4) is 0 Å². The lowest BCUT2D eigenvalue weighted by Crippen LogP contribution is -2.06. The largest absolute Gasteiger partial charge is 0.279 e. The number of hydrazone groups is 1. The minimum Gasteiger partial charge on any atom is -0.279 e. The van der Waals surface area contributed by atoms with Crippen LogP contribution in [0, 0.1) is 10.1 Å². The third-order valence-electron chi connectivity index (χ3n) is 4.38. The number of nitrogens with zero attached hydrogens (tertiary/aromatic N) is 2. The lowest BCUT2D eigenvalue weighted by Gasteiger charge is -2.24. The van der Waals surface area contributed by atoms with E-state index in [0.717, 1.165) is 22.4 Å². The van der Waals surface area contributed by atoms with Crippen LogP contribution in [-0.2, 0) is 0 Å². The Hall–Kier alpha value is -3.38. The molecule has 1 atom stereocenters. The summed E-state index contributed by atoms with van der Waals surface area (Å²) in [6.45, 7) is 0. The summed E-state index contributed by atoms with van der Waals surface area (Å²) in [6, 6.07) is 24.7. The van der Waals surface area contributed by atoms with Crippen molar-refractivity contribution < 1.29 is 4.92 Å². The number of thioether (sulfide) groups is 1. The highest BCUT2D eigenvalue weighted by molar-refractivity contribution is 8.00. The van der Waals surface area contributed by atoms with E-state index in [1.165, 1.54) is 4.90 Å². The van der Waals surface area contributed by atoms with Gasteiger partial charge in [-0.3, -0.25) is 15.5 Å². The van der Waals surface area contributed by atoms with Crippen LogP contribution in [0.4, 0.5) is 11.4 Å². The van der Waals surface area contributed by atoms with Crippen molar-refractivity contribution in [3.8, 4) is 0 Å². The van der Waals surface area contributed by atoms with Crippen LogP contribution >= 0.6 is 11.8 Å². The van der Waals surface area contributed by atoms with Crippen LogP contribution in [0.15, 0.2) is 94.4 Å². The van der Waals surface area contributed by atoms with Gasteiger partial charge < -0.3 is 0 Å². The molecule has 1 heterocycles. The maximum atomic E-state index is 11.0. The Balaban J connectivity index is 1.64. The zero-order valence-electron chi connectivity index (χ0n) is 14.9. The molecule has 0 bridgehead atoms. The first-order valence-corrected chi connectivity index (χ1v) is 9.64. The van der Waals surface area contributed by atoms with Gasteiger partial charge in [0.1, 0.15) is 0 Å². The molecular weight excluding hydrogens is 370 g/mol. The highest BCUT2D eigenvalue weighted by Crippen LogP contribution is 2.46. The third-order valence-corrected chi connectivity index (χ3v) is 5.78. The van der Waals surface area contributed by atoms with E-state index in [2.05, 4.69) is 28.7 Å². The summed E-state index contributed by atoms with van der Waals surface area (Å²) >= 11 is 1.72. The summed E-state index contributed by atoms with van der Waals surface area (Å²) in [5.41, 5.74) is 7.22. The van der Waals surface area contributed by atoms with Crippen LogP contribution in [0.1, 0.15) is 16.4 Å². The fourth-order valence-electron chi connectivity index (χ4n) is 2.99. The van der Waals surface area contributed by atoms with Gasteiger partial charge in [0.25, 0.3) is 5.69 Å². The topological polar surface area (TPSA) is 67.5 Å². The number of fused-ring (bicyclic) bond motifs is 1. The van der Waals surface area contributed by atoms with Crippen molar-refractivity contribution in [2.75, 3.05) is 5.43 Å². The molecule has 3 aromatic carbocycles. The Kier molecular flexibility index (Phi) is 5.21. The molecule has 0 saturated heterocycles. The fourth-order valence-corrected chi connectivity index (χ4v) is 4.22. The number of para-hydroxylation sites is 1. The second kappa shape index (κ2) is 8.10. The maximum Gasteiger partial charge on any atom is 0.269 e. The average molecular weight is 387 g/mol. The molecule has 1 aliphatic heterocycles. The monoisotopic (exact) mass is 387 g/mol. The zero-order chi connectivity index (χ0) is 19.3.